The van der Waals surface area contributed by atoms with Crippen LogP contribution < -0.4 is 10.2 Å². The van der Waals surface area contributed by atoms with E-state index in [-0.39, 0.29) is 0 Å². The van der Waals surface area contributed by atoms with Crippen molar-refractivity contribution in [3.8, 4) is 0 Å². The molecule has 3 nitrogen and oxygen atoms in total. The molecule has 1 saturated carbocycles. The molecule has 0 aliphatic heterocycles. The Morgan fingerprint density at radius 1 is 1.44 bits per heavy atom. The molecule has 0 unspecified atom stereocenters. The summed E-state index contributed by atoms with van der Waals surface area (Å²) in [6.45, 7) is 3.91. The van der Waals surface area contributed by atoms with Crippen molar-refractivity contribution >= 4 is 17.4 Å². The van der Waals surface area contributed by atoms with E-state index in [2.05, 4.69) is 29.2 Å². The zero-order chi connectivity index (χ0) is 13.0. The van der Waals surface area contributed by atoms with Gasteiger partial charge in [0.1, 0.15) is 5.82 Å². The van der Waals surface area contributed by atoms with Gasteiger partial charge in [-0.15, -0.1) is 0 Å². The molecule has 0 bridgehead atoms. The summed E-state index contributed by atoms with van der Waals surface area (Å²) < 4.78 is 0. The molecule has 0 saturated heterocycles. The lowest BCUT2D eigenvalue weighted by Gasteiger charge is -2.35. The highest BCUT2D eigenvalue weighted by Crippen LogP contribution is 2.28. The van der Waals surface area contributed by atoms with Gasteiger partial charge in [0.2, 0.25) is 0 Å². The summed E-state index contributed by atoms with van der Waals surface area (Å²) in [6, 6.07) is 4.64. The summed E-state index contributed by atoms with van der Waals surface area (Å²) in [4.78, 5) is 6.96. The number of pyridine rings is 1. The van der Waals surface area contributed by atoms with Gasteiger partial charge in [0, 0.05) is 19.6 Å². The predicted octanol–water partition coefficient (Wildman–Crippen LogP) is 3.22. The third-order valence-electron chi connectivity index (χ3n) is 3.61. The topological polar surface area (TPSA) is 28.2 Å². The largest absolute Gasteiger partial charge is 0.357 e. The van der Waals surface area contributed by atoms with Crippen LogP contribution in [-0.4, -0.2) is 24.6 Å². The Labute approximate surface area is 115 Å². The van der Waals surface area contributed by atoms with Crippen LogP contribution in [0.25, 0.3) is 0 Å². The first-order valence-corrected chi connectivity index (χ1v) is 7.19. The van der Waals surface area contributed by atoms with Crippen LogP contribution in [0.2, 0.25) is 5.02 Å². The van der Waals surface area contributed by atoms with E-state index in [1.54, 1.807) is 0 Å². The Morgan fingerprint density at radius 2 is 2.22 bits per heavy atom. The monoisotopic (exact) mass is 267 g/mol. The third-order valence-corrected chi connectivity index (χ3v) is 3.95. The molecule has 1 fully saturated rings. The molecule has 1 aromatic heterocycles. The lowest BCUT2D eigenvalue weighted by atomic mass is 9.92. The highest BCUT2D eigenvalue weighted by molar-refractivity contribution is 6.31. The van der Waals surface area contributed by atoms with Gasteiger partial charge in [0.15, 0.2) is 0 Å². The molecule has 2 rings (SSSR count). The minimum atomic E-state index is 0.662. The number of rotatable bonds is 6. The summed E-state index contributed by atoms with van der Waals surface area (Å²) in [6.07, 6.45) is 5.03. The first kappa shape index (κ1) is 13.6. The minimum Gasteiger partial charge on any atom is -0.357 e. The number of nitrogens with zero attached hydrogens (tertiary/aromatic N) is 2. The molecule has 1 aliphatic carbocycles. The van der Waals surface area contributed by atoms with Gasteiger partial charge in [-0.2, -0.15) is 0 Å². The number of nitrogens with one attached hydrogen (secondary N) is 1. The molecule has 18 heavy (non-hydrogen) atoms. The third kappa shape index (κ3) is 3.15. The molecule has 1 aromatic rings. The standard InChI is InChI=1S/C14H22ClN3/c1-3-9-16-10-13-12(15)7-8-14(17-13)18(2)11-5-4-6-11/h7-8,11,16H,3-6,9-10H2,1-2H3. The molecule has 0 spiro atoms. The Morgan fingerprint density at radius 3 is 2.83 bits per heavy atom. The van der Waals surface area contributed by atoms with E-state index in [1.807, 2.05) is 12.1 Å². The van der Waals surface area contributed by atoms with Crippen molar-refractivity contribution in [2.45, 2.75) is 45.2 Å². The van der Waals surface area contributed by atoms with Gasteiger partial charge in [-0.25, -0.2) is 4.98 Å². The Bertz CT molecular complexity index is 391. The summed E-state index contributed by atoms with van der Waals surface area (Å²) in [5.74, 6) is 1.04. The van der Waals surface area contributed by atoms with E-state index in [1.165, 1.54) is 19.3 Å². The average molecular weight is 268 g/mol. The first-order valence-electron chi connectivity index (χ1n) is 6.81. The second-order valence-electron chi connectivity index (χ2n) is 4.97. The van der Waals surface area contributed by atoms with Crippen molar-refractivity contribution in [2.24, 2.45) is 0 Å². The highest BCUT2D eigenvalue weighted by atomic mass is 35.5. The summed E-state index contributed by atoms with van der Waals surface area (Å²) in [5, 5.41) is 4.10. The van der Waals surface area contributed by atoms with Crippen LogP contribution in [0.4, 0.5) is 5.82 Å². The molecule has 1 N–H and O–H groups in total. The average Bonchev–Trinajstić information content (AvgIpc) is 2.29. The Hall–Kier alpha value is -0.800. The van der Waals surface area contributed by atoms with Gasteiger partial charge >= 0.3 is 0 Å². The molecule has 0 radical (unpaired) electrons. The molecular weight excluding hydrogens is 246 g/mol. The number of hydrogen-bond acceptors (Lipinski definition) is 3. The van der Waals surface area contributed by atoms with Crippen molar-refractivity contribution in [3.63, 3.8) is 0 Å². The molecular formula is C14H22ClN3. The second kappa shape index (κ2) is 6.39. The Balaban J connectivity index is 2.04. The van der Waals surface area contributed by atoms with Gasteiger partial charge in [0.25, 0.3) is 0 Å². The molecule has 0 atom stereocenters. The number of halogens is 1. The van der Waals surface area contributed by atoms with E-state index < -0.39 is 0 Å². The van der Waals surface area contributed by atoms with Gasteiger partial charge < -0.3 is 10.2 Å². The van der Waals surface area contributed by atoms with E-state index in [0.717, 1.165) is 36.0 Å². The fraction of sp³-hybridized carbons (Fsp3) is 0.643. The summed E-state index contributed by atoms with van der Waals surface area (Å²) >= 11 is 6.19. The molecule has 1 aliphatic rings. The van der Waals surface area contributed by atoms with Crippen LogP contribution >= 0.6 is 11.6 Å². The van der Waals surface area contributed by atoms with Gasteiger partial charge in [0.05, 0.1) is 10.7 Å². The Kier molecular flexibility index (Phi) is 4.84. The van der Waals surface area contributed by atoms with Gasteiger partial charge in [-0.1, -0.05) is 18.5 Å². The van der Waals surface area contributed by atoms with Crippen LogP contribution in [0.3, 0.4) is 0 Å². The van der Waals surface area contributed by atoms with Crippen LogP contribution in [0, 0.1) is 0 Å². The maximum Gasteiger partial charge on any atom is 0.128 e. The summed E-state index contributed by atoms with van der Waals surface area (Å²) in [5.41, 5.74) is 0.953. The smallest absolute Gasteiger partial charge is 0.128 e. The van der Waals surface area contributed by atoms with Crippen LogP contribution in [0.1, 0.15) is 38.3 Å². The second-order valence-corrected chi connectivity index (χ2v) is 5.38. The minimum absolute atomic E-state index is 0.662. The predicted molar refractivity (Wildman–Crippen MR) is 77.3 cm³/mol. The van der Waals surface area contributed by atoms with Crippen LogP contribution in [0.5, 0.6) is 0 Å². The summed E-state index contributed by atoms with van der Waals surface area (Å²) in [7, 11) is 2.13. The number of hydrogen-bond donors (Lipinski definition) is 1. The zero-order valence-electron chi connectivity index (χ0n) is 11.2. The van der Waals surface area contributed by atoms with E-state index in [9.17, 15) is 0 Å². The van der Waals surface area contributed by atoms with Crippen molar-refractivity contribution in [3.05, 3.63) is 22.8 Å². The van der Waals surface area contributed by atoms with Crippen LogP contribution in [-0.2, 0) is 6.54 Å². The quantitative estimate of drug-likeness (QED) is 0.802. The van der Waals surface area contributed by atoms with Crippen molar-refractivity contribution in [2.75, 3.05) is 18.5 Å². The van der Waals surface area contributed by atoms with Gasteiger partial charge in [-0.05, 0) is 44.4 Å². The van der Waals surface area contributed by atoms with E-state index in [4.69, 9.17) is 11.6 Å². The number of aromatic nitrogens is 1. The molecule has 0 amide bonds. The fourth-order valence-corrected chi connectivity index (χ4v) is 2.31. The lowest BCUT2D eigenvalue weighted by Crippen LogP contribution is -2.37. The maximum absolute atomic E-state index is 6.19. The number of anilines is 1. The lowest BCUT2D eigenvalue weighted by molar-refractivity contribution is 0.399. The first-order chi connectivity index (χ1) is 8.72. The molecule has 1 heterocycles. The highest BCUT2D eigenvalue weighted by Gasteiger charge is 2.23. The molecule has 100 valence electrons. The van der Waals surface area contributed by atoms with Gasteiger partial charge in [-0.3, -0.25) is 0 Å². The van der Waals surface area contributed by atoms with E-state index in [0.29, 0.717) is 6.04 Å². The normalized spacial score (nSPS) is 15.5. The fourth-order valence-electron chi connectivity index (χ4n) is 2.14. The van der Waals surface area contributed by atoms with Crippen molar-refractivity contribution in [1.29, 1.82) is 0 Å². The van der Waals surface area contributed by atoms with Crippen molar-refractivity contribution in [1.82, 2.24) is 10.3 Å². The molecule has 4 heteroatoms. The maximum atomic E-state index is 6.19. The van der Waals surface area contributed by atoms with E-state index >= 15 is 0 Å². The van der Waals surface area contributed by atoms with Crippen LogP contribution in [0.15, 0.2) is 12.1 Å². The SMILES string of the molecule is CCCNCc1nc(N(C)C2CCC2)ccc1Cl. The zero-order valence-corrected chi connectivity index (χ0v) is 12.0. The van der Waals surface area contributed by atoms with Crippen molar-refractivity contribution < 1.29 is 0 Å². The molecule has 0 aromatic carbocycles.